The molecule has 0 fully saturated rings. The number of rotatable bonds is 23. The molecule has 0 spiro atoms. The van der Waals surface area contributed by atoms with Crippen molar-refractivity contribution in [1.82, 2.24) is 0 Å². The summed E-state index contributed by atoms with van der Waals surface area (Å²) in [6, 6.07) is 0. The van der Waals surface area contributed by atoms with Gasteiger partial charge < -0.3 is 0 Å². The lowest BCUT2D eigenvalue weighted by molar-refractivity contribution is 0.535. The number of aryl methyl sites for hydroxylation is 2. The van der Waals surface area contributed by atoms with Gasteiger partial charge in [-0.15, -0.1) is 0 Å². The van der Waals surface area contributed by atoms with Crippen molar-refractivity contribution >= 4 is 11.3 Å². The van der Waals surface area contributed by atoms with Gasteiger partial charge >= 0.3 is 0 Å². The summed E-state index contributed by atoms with van der Waals surface area (Å²) in [6.45, 7) is 4.60. The maximum absolute atomic E-state index is 2.43. The average Bonchev–Trinajstić information content (AvgIpc) is 3.20. The van der Waals surface area contributed by atoms with E-state index in [1.807, 2.05) is 11.3 Å². The Labute approximate surface area is 194 Å². The van der Waals surface area contributed by atoms with Crippen LogP contribution >= 0.6 is 11.3 Å². The molecule has 1 aromatic rings. The summed E-state index contributed by atoms with van der Waals surface area (Å²) < 4.78 is 0. The van der Waals surface area contributed by atoms with Crippen LogP contribution in [0.4, 0.5) is 0 Å². The van der Waals surface area contributed by atoms with E-state index < -0.39 is 0 Å². The van der Waals surface area contributed by atoms with Crippen LogP contribution in [0.5, 0.6) is 0 Å². The highest BCUT2D eigenvalue weighted by molar-refractivity contribution is 7.08. The number of thiophene rings is 1. The van der Waals surface area contributed by atoms with Crippen molar-refractivity contribution in [2.24, 2.45) is 0 Å². The first-order valence-electron chi connectivity index (χ1n) is 13.9. The minimum absolute atomic E-state index is 1.32. The van der Waals surface area contributed by atoms with E-state index in [0.29, 0.717) is 0 Å². The van der Waals surface area contributed by atoms with Crippen LogP contribution in [0.2, 0.25) is 0 Å². The predicted octanol–water partition coefficient (Wildman–Crippen LogP) is 11.1. The van der Waals surface area contributed by atoms with Gasteiger partial charge in [0.15, 0.2) is 0 Å². The topological polar surface area (TPSA) is 0 Å². The van der Waals surface area contributed by atoms with Crippen LogP contribution in [0.3, 0.4) is 0 Å². The second-order valence-corrected chi connectivity index (χ2v) is 10.4. The maximum atomic E-state index is 2.43. The SMILES string of the molecule is CCCCCCCCCCCCCCCCc1cscc1CCCCCCCCC. The van der Waals surface area contributed by atoms with E-state index in [1.54, 1.807) is 11.1 Å². The number of unbranched alkanes of at least 4 members (excludes halogenated alkanes) is 19. The molecule has 0 nitrogen and oxygen atoms in total. The standard InChI is InChI=1S/C29H54S/c1-3-5-7-9-11-12-13-14-15-16-17-19-21-23-25-29-27-30-26-28(29)24-22-20-18-10-8-6-4-2/h26-27H,3-25H2,1-2H3. The van der Waals surface area contributed by atoms with Crippen molar-refractivity contribution in [3.05, 3.63) is 21.9 Å². The Morgan fingerprint density at radius 1 is 0.400 bits per heavy atom. The van der Waals surface area contributed by atoms with Crippen LogP contribution < -0.4 is 0 Å². The van der Waals surface area contributed by atoms with Crippen molar-refractivity contribution in [3.8, 4) is 0 Å². The smallest absolute Gasteiger partial charge is 0.00584 e. The fourth-order valence-electron chi connectivity index (χ4n) is 4.57. The summed E-state index contributed by atoms with van der Waals surface area (Å²) in [5.74, 6) is 0. The second kappa shape index (κ2) is 21.9. The van der Waals surface area contributed by atoms with E-state index in [2.05, 4.69) is 24.6 Å². The summed E-state index contributed by atoms with van der Waals surface area (Å²) >= 11 is 1.93. The lowest BCUT2D eigenvalue weighted by Crippen LogP contribution is -1.92. The van der Waals surface area contributed by atoms with Crippen LogP contribution in [-0.2, 0) is 12.8 Å². The lowest BCUT2D eigenvalue weighted by Gasteiger charge is -2.06. The van der Waals surface area contributed by atoms with Gasteiger partial charge in [-0.1, -0.05) is 136 Å². The van der Waals surface area contributed by atoms with Gasteiger partial charge in [-0.25, -0.2) is 0 Å². The fourth-order valence-corrected chi connectivity index (χ4v) is 5.51. The zero-order chi connectivity index (χ0) is 21.5. The van der Waals surface area contributed by atoms with Gasteiger partial charge in [-0.2, -0.15) is 11.3 Å². The zero-order valence-corrected chi connectivity index (χ0v) is 21.6. The summed E-state index contributed by atoms with van der Waals surface area (Å²) in [7, 11) is 0. The monoisotopic (exact) mass is 434 g/mol. The highest BCUT2D eigenvalue weighted by atomic mass is 32.1. The summed E-state index contributed by atoms with van der Waals surface area (Å²) in [5.41, 5.74) is 3.34. The van der Waals surface area contributed by atoms with E-state index in [0.717, 1.165) is 0 Å². The molecule has 0 unspecified atom stereocenters. The molecule has 1 heterocycles. The quantitative estimate of drug-likeness (QED) is 0.150. The van der Waals surface area contributed by atoms with Crippen molar-refractivity contribution in [2.75, 3.05) is 0 Å². The highest BCUT2D eigenvalue weighted by Crippen LogP contribution is 2.21. The predicted molar refractivity (Wildman–Crippen MR) is 140 cm³/mol. The van der Waals surface area contributed by atoms with Crippen LogP contribution in [0.1, 0.15) is 160 Å². The molecule has 0 aliphatic rings. The Bertz CT molecular complexity index is 447. The Morgan fingerprint density at radius 2 is 0.667 bits per heavy atom. The van der Waals surface area contributed by atoms with Gasteiger partial charge in [0.05, 0.1) is 0 Å². The average molecular weight is 435 g/mol. The second-order valence-electron chi connectivity index (χ2n) is 9.64. The van der Waals surface area contributed by atoms with Gasteiger partial charge in [-0.3, -0.25) is 0 Å². The van der Waals surface area contributed by atoms with Crippen LogP contribution in [0.25, 0.3) is 0 Å². The summed E-state index contributed by atoms with van der Waals surface area (Å²) in [5, 5.41) is 4.86. The van der Waals surface area contributed by atoms with E-state index in [-0.39, 0.29) is 0 Å². The Kier molecular flexibility index (Phi) is 20.3. The molecule has 1 aromatic heterocycles. The molecule has 0 amide bonds. The summed E-state index contributed by atoms with van der Waals surface area (Å²) in [4.78, 5) is 0. The third-order valence-electron chi connectivity index (χ3n) is 6.68. The van der Waals surface area contributed by atoms with Gasteiger partial charge in [0.25, 0.3) is 0 Å². The first-order chi connectivity index (χ1) is 14.9. The fraction of sp³-hybridized carbons (Fsp3) is 0.862. The van der Waals surface area contributed by atoms with Gasteiger partial charge in [0.2, 0.25) is 0 Å². The molecule has 0 aliphatic carbocycles. The van der Waals surface area contributed by atoms with Crippen LogP contribution in [0.15, 0.2) is 10.8 Å². The molecule has 0 radical (unpaired) electrons. The largest absolute Gasteiger partial charge is 0.152 e. The Morgan fingerprint density at radius 3 is 0.967 bits per heavy atom. The molecule has 0 aromatic carbocycles. The van der Waals surface area contributed by atoms with Gasteiger partial charge in [0, 0.05) is 0 Å². The normalized spacial score (nSPS) is 11.4. The first kappa shape index (κ1) is 27.7. The third kappa shape index (κ3) is 16.4. The molecule has 0 N–H and O–H groups in total. The van der Waals surface area contributed by atoms with Crippen LogP contribution in [-0.4, -0.2) is 0 Å². The molecule has 1 heteroatoms. The van der Waals surface area contributed by atoms with E-state index in [4.69, 9.17) is 0 Å². The maximum Gasteiger partial charge on any atom is -0.00584 e. The highest BCUT2D eigenvalue weighted by Gasteiger charge is 2.04. The zero-order valence-electron chi connectivity index (χ0n) is 20.8. The molecule has 0 aliphatic heterocycles. The van der Waals surface area contributed by atoms with E-state index >= 15 is 0 Å². The summed E-state index contributed by atoms with van der Waals surface area (Å²) in [6.07, 6.45) is 32.9. The molecule has 0 saturated heterocycles. The Balaban J connectivity index is 1.89. The molecule has 0 saturated carbocycles. The van der Waals surface area contributed by atoms with Crippen molar-refractivity contribution in [1.29, 1.82) is 0 Å². The Hall–Kier alpha value is -0.300. The first-order valence-corrected chi connectivity index (χ1v) is 14.9. The van der Waals surface area contributed by atoms with Gasteiger partial charge in [0.1, 0.15) is 0 Å². The van der Waals surface area contributed by atoms with E-state index in [1.165, 1.54) is 148 Å². The molecule has 30 heavy (non-hydrogen) atoms. The molecule has 1 rings (SSSR count). The number of hydrogen-bond acceptors (Lipinski definition) is 1. The van der Waals surface area contributed by atoms with Crippen molar-refractivity contribution < 1.29 is 0 Å². The minimum Gasteiger partial charge on any atom is -0.152 e. The van der Waals surface area contributed by atoms with Crippen molar-refractivity contribution in [2.45, 2.75) is 162 Å². The lowest BCUT2D eigenvalue weighted by atomic mass is 10.00. The van der Waals surface area contributed by atoms with Gasteiger partial charge in [-0.05, 0) is 47.6 Å². The molecule has 0 bridgehead atoms. The molecular formula is C29H54S. The molecule has 0 atom stereocenters. The van der Waals surface area contributed by atoms with Crippen molar-refractivity contribution in [3.63, 3.8) is 0 Å². The molecule has 176 valence electrons. The molecular weight excluding hydrogens is 380 g/mol. The van der Waals surface area contributed by atoms with E-state index in [9.17, 15) is 0 Å². The minimum atomic E-state index is 1.32. The number of hydrogen-bond donors (Lipinski definition) is 0. The van der Waals surface area contributed by atoms with Crippen LogP contribution in [0, 0.1) is 0 Å². The third-order valence-corrected chi connectivity index (χ3v) is 7.52.